The average Bonchev–Trinajstić information content (AvgIpc) is 2.83. The third kappa shape index (κ3) is 5.52. The molecule has 166 valence electrons. The Morgan fingerprint density at radius 2 is 1.53 bits per heavy atom. The van der Waals surface area contributed by atoms with Crippen molar-refractivity contribution in [3.05, 3.63) is 101 Å². The lowest BCUT2D eigenvalue weighted by Crippen LogP contribution is -2.09. The third-order valence-electron chi connectivity index (χ3n) is 6.02. The zero-order valence-electron chi connectivity index (χ0n) is 18.0. The van der Waals surface area contributed by atoms with E-state index in [2.05, 4.69) is 17.4 Å². The van der Waals surface area contributed by atoms with E-state index in [1.54, 1.807) is 0 Å². The van der Waals surface area contributed by atoms with Gasteiger partial charge in [-0.1, -0.05) is 73.9 Å². The summed E-state index contributed by atoms with van der Waals surface area (Å²) in [4.78, 5) is 12.2. The average molecular weight is 436 g/mol. The normalized spacial score (nSPS) is 14.2. The molecule has 1 aliphatic rings. The first kappa shape index (κ1) is 22.0. The molecule has 1 fully saturated rings. The number of hydrogen-bond donors (Lipinski definition) is 1. The fourth-order valence-electron chi connectivity index (χ4n) is 4.20. The Hall–Kier alpha value is -3.21. The van der Waals surface area contributed by atoms with Crippen LogP contribution >= 0.6 is 0 Å². The molecule has 4 rings (SSSR count). The molecule has 0 radical (unpaired) electrons. The highest BCUT2D eigenvalue weighted by molar-refractivity contribution is 5.90. The van der Waals surface area contributed by atoms with E-state index < -0.39 is 17.6 Å². The van der Waals surface area contributed by atoms with Crippen molar-refractivity contribution >= 4 is 11.7 Å². The van der Waals surface area contributed by atoms with Crippen molar-refractivity contribution in [3.8, 4) is 0 Å². The van der Waals surface area contributed by atoms with Crippen LogP contribution in [0.25, 0.3) is 0 Å². The van der Waals surface area contributed by atoms with Gasteiger partial charge in [0.25, 0.3) is 0 Å². The molecule has 1 aliphatic carbocycles. The molecule has 0 aromatic heterocycles. The summed E-state index contributed by atoms with van der Waals surface area (Å²) < 4.78 is 34.2. The van der Waals surface area contributed by atoms with E-state index in [0.29, 0.717) is 5.92 Å². The molecule has 3 aromatic rings. The number of nitrogens with one attached hydrogen (secondary N) is 1. The highest BCUT2D eigenvalue weighted by Gasteiger charge is 2.17. The van der Waals surface area contributed by atoms with Gasteiger partial charge in [0.05, 0.1) is 5.56 Å². The van der Waals surface area contributed by atoms with Gasteiger partial charge in [0, 0.05) is 6.54 Å². The monoisotopic (exact) mass is 435 g/mol. The molecule has 0 bridgehead atoms. The van der Waals surface area contributed by atoms with Crippen LogP contribution in [0.2, 0.25) is 0 Å². The largest absolute Gasteiger partial charge is 0.457 e. The first-order chi connectivity index (χ1) is 15.6. The van der Waals surface area contributed by atoms with E-state index >= 15 is 0 Å². The van der Waals surface area contributed by atoms with Crippen molar-refractivity contribution in [1.29, 1.82) is 0 Å². The second-order valence-electron chi connectivity index (χ2n) is 8.31. The van der Waals surface area contributed by atoms with Crippen molar-refractivity contribution in [3.63, 3.8) is 0 Å². The van der Waals surface area contributed by atoms with E-state index in [-0.39, 0.29) is 24.4 Å². The number of carbonyl (C=O) groups is 1. The first-order valence-corrected chi connectivity index (χ1v) is 11.1. The van der Waals surface area contributed by atoms with E-state index in [4.69, 9.17) is 4.74 Å². The zero-order valence-corrected chi connectivity index (χ0v) is 18.0. The summed E-state index contributed by atoms with van der Waals surface area (Å²) >= 11 is 0. The smallest absolute Gasteiger partial charge is 0.338 e. The Labute approximate surface area is 187 Å². The summed E-state index contributed by atoms with van der Waals surface area (Å²) in [5.41, 5.74) is 2.67. The Balaban J connectivity index is 1.36. The fourth-order valence-corrected chi connectivity index (χ4v) is 4.20. The van der Waals surface area contributed by atoms with Crippen LogP contribution in [-0.2, 0) is 17.9 Å². The molecule has 0 heterocycles. The van der Waals surface area contributed by atoms with Crippen LogP contribution in [0.4, 0.5) is 14.5 Å². The standard InChI is InChI=1S/C27H27F2NO2/c28-24-15-23(27(31)32-18-20-7-3-1-4-8-20)16-25(29)26(24)30-17-19-11-13-22(14-12-19)21-9-5-2-6-10-21/h1,3-4,7-8,11-16,21,30H,2,5-6,9-10,17-18H2. The Morgan fingerprint density at radius 1 is 0.875 bits per heavy atom. The summed E-state index contributed by atoms with van der Waals surface area (Å²) in [5.74, 6) is -1.79. The van der Waals surface area contributed by atoms with Gasteiger partial charge in [-0.25, -0.2) is 13.6 Å². The SMILES string of the molecule is O=C(OCc1ccccc1)c1cc(F)c(NCc2ccc(C3CCCCC3)cc2)c(F)c1. The number of anilines is 1. The van der Waals surface area contributed by atoms with Crippen molar-refractivity contribution in [2.24, 2.45) is 0 Å². The van der Waals surface area contributed by atoms with Gasteiger partial charge in [-0.15, -0.1) is 0 Å². The minimum Gasteiger partial charge on any atom is -0.457 e. The quantitative estimate of drug-likeness (QED) is 0.407. The van der Waals surface area contributed by atoms with Crippen LogP contribution in [-0.4, -0.2) is 5.97 Å². The Bertz CT molecular complexity index is 1020. The lowest BCUT2D eigenvalue weighted by Gasteiger charge is -2.22. The van der Waals surface area contributed by atoms with Crippen LogP contribution in [0.5, 0.6) is 0 Å². The topological polar surface area (TPSA) is 38.3 Å². The third-order valence-corrected chi connectivity index (χ3v) is 6.02. The van der Waals surface area contributed by atoms with Gasteiger partial charge in [0.1, 0.15) is 23.9 Å². The molecular weight excluding hydrogens is 408 g/mol. The highest BCUT2D eigenvalue weighted by atomic mass is 19.1. The molecular formula is C27H27F2NO2. The lowest BCUT2D eigenvalue weighted by atomic mass is 9.84. The van der Waals surface area contributed by atoms with Crippen LogP contribution in [0.15, 0.2) is 66.7 Å². The van der Waals surface area contributed by atoms with Gasteiger partial charge in [0.2, 0.25) is 0 Å². The summed E-state index contributed by atoms with van der Waals surface area (Å²) in [6.07, 6.45) is 6.34. The first-order valence-electron chi connectivity index (χ1n) is 11.1. The van der Waals surface area contributed by atoms with E-state index in [1.807, 2.05) is 42.5 Å². The van der Waals surface area contributed by atoms with Crippen LogP contribution in [0, 0.1) is 11.6 Å². The molecule has 32 heavy (non-hydrogen) atoms. The molecule has 1 N–H and O–H groups in total. The van der Waals surface area contributed by atoms with E-state index in [0.717, 1.165) is 23.3 Å². The van der Waals surface area contributed by atoms with Crippen LogP contribution in [0.3, 0.4) is 0 Å². The number of carbonyl (C=O) groups excluding carboxylic acids is 1. The number of esters is 1. The zero-order chi connectivity index (χ0) is 22.3. The minimum atomic E-state index is -0.824. The van der Waals surface area contributed by atoms with Gasteiger partial charge in [0.15, 0.2) is 0 Å². The Morgan fingerprint density at radius 3 is 2.19 bits per heavy atom. The van der Waals surface area contributed by atoms with E-state index in [1.165, 1.54) is 37.7 Å². The molecule has 3 nitrogen and oxygen atoms in total. The molecule has 0 unspecified atom stereocenters. The van der Waals surface area contributed by atoms with Crippen LogP contribution in [0.1, 0.15) is 65.1 Å². The van der Waals surface area contributed by atoms with Gasteiger partial charge in [-0.05, 0) is 47.6 Å². The number of benzene rings is 3. The maximum absolute atomic E-state index is 14.5. The summed E-state index contributed by atoms with van der Waals surface area (Å²) in [5, 5.41) is 2.82. The van der Waals surface area contributed by atoms with Crippen LogP contribution < -0.4 is 5.32 Å². The molecule has 0 saturated heterocycles. The summed E-state index contributed by atoms with van der Waals surface area (Å²) in [6.45, 7) is 0.330. The fraction of sp³-hybridized carbons (Fsp3) is 0.296. The number of halogens is 2. The number of hydrogen-bond acceptors (Lipinski definition) is 3. The predicted molar refractivity (Wildman–Crippen MR) is 122 cm³/mol. The second-order valence-corrected chi connectivity index (χ2v) is 8.31. The number of rotatable bonds is 7. The molecule has 0 amide bonds. The second kappa shape index (κ2) is 10.4. The van der Waals surface area contributed by atoms with Gasteiger partial charge < -0.3 is 10.1 Å². The van der Waals surface area contributed by atoms with Crippen molar-refractivity contribution < 1.29 is 18.3 Å². The number of ether oxygens (including phenoxy) is 1. The summed E-state index contributed by atoms with van der Waals surface area (Å²) in [6, 6.07) is 19.4. The lowest BCUT2D eigenvalue weighted by molar-refractivity contribution is 0.0471. The van der Waals surface area contributed by atoms with Gasteiger partial charge in [-0.2, -0.15) is 0 Å². The molecule has 1 saturated carbocycles. The summed E-state index contributed by atoms with van der Waals surface area (Å²) in [7, 11) is 0. The van der Waals surface area contributed by atoms with Crippen molar-refractivity contribution in [2.75, 3.05) is 5.32 Å². The molecule has 3 aromatic carbocycles. The maximum Gasteiger partial charge on any atom is 0.338 e. The van der Waals surface area contributed by atoms with E-state index in [9.17, 15) is 13.6 Å². The predicted octanol–water partition coefficient (Wildman–Crippen LogP) is 6.98. The van der Waals surface area contributed by atoms with Gasteiger partial charge in [-0.3, -0.25) is 0 Å². The van der Waals surface area contributed by atoms with Crippen molar-refractivity contribution in [1.82, 2.24) is 0 Å². The Kier molecular flexibility index (Phi) is 7.15. The highest BCUT2D eigenvalue weighted by Crippen LogP contribution is 2.32. The molecule has 5 heteroatoms. The molecule has 0 atom stereocenters. The molecule has 0 spiro atoms. The van der Waals surface area contributed by atoms with Crippen molar-refractivity contribution in [2.45, 2.75) is 51.2 Å². The van der Waals surface area contributed by atoms with Gasteiger partial charge >= 0.3 is 5.97 Å². The maximum atomic E-state index is 14.5. The molecule has 0 aliphatic heterocycles. The minimum absolute atomic E-state index is 0.0414.